The number of alkyl carbamates (subject to hydrolysis) is 1. The standard InChI is InChI=1S/C22H43NO4/c1-4-7-10-11-12-13-14-15-16-19-26-21(24)20(17-8-5-2)23-22(25)27-18-9-6-3/h20H,4-19H2,1-3H3,(H,23,25). The molecule has 0 aliphatic carbocycles. The van der Waals surface area contributed by atoms with Crippen molar-refractivity contribution in [2.75, 3.05) is 13.2 Å². The van der Waals surface area contributed by atoms with Gasteiger partial charge in [0, 0.05) is 0 Å². The average molecular weight is 386 g/mol. The molecule has 1 N–H and O–H groups in total. The van der Waals surface area contributed by atoms with Crippen LogP contribution in [-0.4, -0.2) is 31.3 Å². The largest absolute Gasteiger partial charge is 0.464 e. The second-order valence-electron chi connectivity index (χ2n) is 7.32. The van der Waals surface area contributed by atoms with Gasteiger partial charge in [-0.25, -0.2) is 9.59 Å². The highest BCUT2D eigenvalue weighted by Gasteiger charge is 2.22. The molecule has 27 heavy (non-hydrogen) atoms. The zero-order valence-corrected chi connectivity index (χ0v) is 18.0. The van der Waals surface area contributed by atoms with Gasteiger partial charge in [0.1, 0.15) is 6.04 Å². The van der Waals surface area contributed by atoms with Crippen LogP contribution in [0.25, 0.3) is 0 Å². The molecule has 0 aliphatic rings. The average Bonchev–Trinajstić information content (AvgIpc) is 2.66. The van der Waals surface area contributed by atoms with Gasteiger partial charge < -0.3 is 14.8 Å². The Labute approximate surface area is 167 Å². The summed E-state index contributed by atoms with van der Waals surface area (Å²) >= 11 is 0. The second kappa shape index (κ2) is 19.5. The summed E-state index contributed by atoms with van der Waals surface area (Å²) in [6.45, 7) is 7.15. The topological polar surface area (TPSA) is 64.6 Å². The molecule has 0 radical (unpaired) electrons. The minimum Gasteiger partial charge on any atom is -0.464 e. The van der Waals surface area contributed by atoms with Crippen molar-refractivity contribution in [2.45, 2.75) is 117 Å². The van der Waals surface area contributed by atoms with Crippen molar-refractivity contribution in [3.63, 3.8) is 0 Å². The third kappa shape index (κ3) is 16.6. The fourth-order valence-electron chi connectivity index (χ4n) is 2.84. The summed E-state index contributed by atoms with van der Waals surface area (Å²) in [6, 6.07) is -0.599. The van der Waals surface area contributed by atoms with Gasteiger partial charge in [0.05, 0.1) is 13.2 Å². The Morgan fingerprint density at radius 1 is 0.667 bits per heavy atom. The molecule has 0 fully saturated rings. The van der Waals surface area contributed by atoms with E-state index in [0.717, 1.165) is 38.5 Å². The van der Waals surface area contributed by atoms with E-state index >= 15 is 0 Å². The third-order valence-corrected chi connectivity index (χ3v) is 4.65. The van der Waals surface area contributed by atoms with E-state index in [1.165, 1.54) is 44.9 Å². The van der Waals surface area contributed by atoms with Gasteiger partial charge in [-0.1, -0.05) is 91.4 Å². The third-order valence-electron chi connectivity index (χ3n) is 4.65. The number of hydrogen-bond donors (Lipinski definition) is 1. The number of amides is 1. The molecule has 0 aromatic heterocycles. The van der Waals surface area contributed by atoms with Crippen molar-refractivity contribution in [1.82, 2.24) is 5.32 Å². The maximum Gasteiger partial charge on any atom is 0.407 e. The Balaban J connectivity index is 3.89. The van der Waals surface area contributed by atoms with Crippen molar-refractivity contribution in [1.29, 1.82) is 0 Å². The fraction of sp³-hybridized carbons (Fsp3) is 0.909. The molecule has 0 spiro atoms. The molecule has 1 atom stereocenters. The molecule has 1 unspecified atom stereocenters. The molecule has 5 heteroatoms. The van der Waals surface area contributed by atoms with E-state index < -0.39 is 12.1 Å². The van der Waals surface area contributed by atoms with E-state index in [1.54, 1.807) is 0 Å². The predicted octanol–water partition coefficient (Wildman–Crippen LogP) is 6.15. The first kappa shape index (κ1) is 25.7. The van der Waals surface area contributed by atoms with Crippen LogP contribution in [-0.2, 0) is 14.3 Å². The zero-order chi connectivity index (χ0) is 20.2. The Bertz CT molecular complexity index is 360. The summed E-state index contributed by atoms with van der Waals surface area (Å²) in [6.07, 6.45) is 14.8. The number of nitrogens with one attached hydrogen (secondary N) is 1. The van der Waals surface area contributed by atoms with Crippen LogP contribution in [0.15, 0.2) is 0 Å². The first-order valence-corrected chi connectivity index (χ1v) is 11.3. The van der Waals surface area contributed by atoms with Crippen molar-refractivity contribution < 1.29 is 19.1 Å². The Hall–Kier alpha value is -1.26. The van der Waals surface area contributed by atoms with Crippen LogP contribution in [0.1, 0.15) is 111 Å². The Kier molecular flexibility index (Phi) is 18.6. The molecule has 0 saturated carbocycles. The fourth-order valence-corrected chi connectivity index (χ4v) is 2.84. The molecule has 0 saturated heterocycles. The maximum atomic E-state index is 12.3. The molecule has 0 aromatic rings. The molecular formula is C22H43NO4. The first-order chi connectivity index (χ1) is 13.2. The first-order valence-electron chi connectivity index (χ1n) is 11.3. The van der Waals surface area contributed by atoms with Crippen molar-refractivity contribution in [2.24, 2.45) is 0 Å². The van der Waals surface area contributed by atoms with E-state index in [1.807, 2.05) is 6.92 Å². The predicted molar refractivity (Wildman–Crippen MR) is 111 cm³/mol. The van der Waals surface area contributed by atoms with E-state index in [2.05, 4.69) is 19.2 Å². The van der Waals surface area contributed by atoms with Crippen LogP contribution in [0, 0.1) is 0 Å². The number of ether oxygens (including phenoxy) is 2. The van der Waals surface area contributed by atoms with Crippen LogP contribution in [0.4, 0.5) is 4.79 Å². The summed E-state index contributed by atoms with van der Waals surface area (Å²) in [5, 5.41) is 2.66. The zero-order valence-electron chi connectivity index (χ0n) is 18.0. The molecule has 1 amide bonds. The lowest BCUT2D eigenvalue weighted by molar-refractivity contribution is -0.146. The number of hydrogen-bond acceptors (Lipinski definition) is 4. The van der Waals surface area contributed by atoms with E-state index in [4.69, 9.17) is 9.47 Å². The van der Waals surface area contributed by atoms with Crippen molar-refractivity contribution >= 4 is 12.1 Å². The van der Waals surface area contributed by atoms with Gasteiger partial charge in [0.25, 0.3) is 0 Å². The van der Waals surface area contributed by atoms with Crippen LogP contribution >= 0.6 is 0 Å². The summed E-state index contributed by atoms with van der Waals surface area (Å²) in [5.74, 6) is -0.338. The van der Waals surface area contributed by atoms with Gasteiger partial charge in [0.2, 0.25) is 0 Å². The summed E-state index contributed by atoms with van der Waals surface area (Å²) in [5.41, 5.74) is 0. The minimum absolute atomic E-state index is 0.338. The number of unbranched alkanes of at least 4 members (excludes halogenated alkanes) is 10. The number of carbonyl (C=O) groups is 2. The molecule has 0 rings (SSSR count). The molecular weight excluding hydrogens is 342 g/mol. The highest BCUT2D eigenvalue weighted by atomic mass is 16.6. The molecule has 0 aliphatic heterocycles. The number of esters is 1. The van der Waals surface area contributed by atoms with E-state index in [-0.39, 0.29) is 5.97 Å². The molecule has 0 aromatic carbocycles. The van der Waals surface area contributed by atoms with Gasteiger partial charge >= 0.3 is 12.1 Å². The van der Waals surface area contributed by atoms with Gasteiger partial charge in [-0.3, -0.25) is 0 Å². The number of rotatable bonds is 18. The van der Waals surface area contributed by atoms with E-state index in [0.29, 0.717) is 19.6 Å². The summed E-state index contributed by atoms with van der Waals surface area (Å²) in [4.78, 5) is 24.1. The van der Waals surface area contributed by atoms with Crippen LogP contribution in [0.5, 0.6) is 0 Å². The van der Waals surface area contributed by atoms with Crippen molar-refractivity contribution in [3.8, 4) is 0 Å². The van der Waals surface area contributed by atoms with Crippen molar-refractivity contribution in [3.05, 3.63) is 0 Å². The van der Waals surface area contributed by atoms with Crippen LogP contribution in [0.2, 0.25) is 0 Å². The lowest BCUT2D eigenvalue weighted by Crippen LogP contribution is -2.42. The molecule has 5 nitrogen and oxygen atoms in total. The Morgan fingerprint density at radius 3 is 1.78 bits per heavy atom. The highest BCUT2D eigenvalue weighted by molar-refractivity contribution is 5.81. The Morgan fingerprint density at radius 2 is 1.19 bits per heavy atom. The summed E-state index contributed by atoms with van der Waals surface area (Å²) < 4.78 is 10.5. The molecule has 0 bridgehead atoms. The maximum absolute atomic E-state index is 12.3. The second-order valence-corrected chi connectivity index (χ2v) is 7.32. The van der Waals surface area contributed by atoms with Gasteiger partial charge in [-0.05, 0) is 19.3 Å². The van der Waals surface area contributed by atoms with E-state index in [9.17, 15) is 9.59 Å². The van der Waals surface area contributed by atoms with Crippen LogP contribution in [0.3, 0.4) is 0 Å². The highest BCUT2D eigenvalue weighted by Crippen LogP contribution is 2.10. The SMILES string of the molecule is CCCCCCCCCCCOC(=O)C(CCCC)NC(=O)OCCCC. The quantitative estimate of drug-likeness (QED) is 0.227. The lowest BCUT2D eigenvalue weighted by Gasteiger charge is -2.17. The normalized spacial score (nSPS) is 11.8. The van der Waals surface area contributed by atoms with Gasteiger partial charge in [-0.2, -0.15) is 0 Å². The summed E-state index contributed by atoms with van der Waals surface area (Å²) in [7, 11) is 0. The smallest absolute Gasteiger partial charge is 0.407 e. The molecule has 160 valence electrons. The lowest BCUT2D eigenvalue weighted by atomic mass is 10.1. The minimum atomic E-state index is -0.599. The number of carbonyl (C=O) groups excluding carboxylic acids is 2. The van der Waals surface area contributed by atoms with Gasteiger partial charge in [0.15, 0.2) is 0 Å². The monoisotopic (exact) mass is 385 g/mol. The van der Waals surface area contributed by atoms with Crippen LogP contribution < -0.4 is 5.32 Å². The molecule has 0 heterocycles. The van der Waals surface area contributed by atoms with Gasteiger partial charge in [-0.15, -0.1) is 0 Å².